The molecule has 1 N–H and O–H groups in total. The molecule has 3 nitrogen and oxygen atoms in total. The minimum absolute atomic E-state index is 0.210. The number of benzene rings is 2. The van der Waals surface area contributed by atoms with Crippen LogP contribution in [0.3, 0.4) is 0 Å². The van der Waals surface area contributed by atoms with Gasteiger partial charge in [0.05, 0.1) is 18.4 Å². The summed E-state index contributed by atoms with van der Waals surface area (Å²) in [5, 5.41) is 3.40. The zero-order chi connectivity index (χ0) is 15.4. The number of nitrogens with one attached hydrogen (secondary N) is 1. The van der Waals surface area contributed by atoms with Crippen molar-refractivity contribution in [2.24, 2.45) is 0 Å². The fourth-order valence-corrected chi connectivity index (χ4v) is 1.97. The number of halogens is 3. The number of carbonyl (C=O) groups is 1. The lowest BCUT2D eigenvalue weighted by molar-refractivity contribution is 0.0602. The van der Waals surface area contributed by atoms with Crippen LogP contribution in [0.2, 0.25) is 5.02 Å². The minimum atomic E-state index is -0.923. The molecule has 0 amide bonds. The largest absolute Gasteiger partial charge is 0.465 e. The highest BCUT2D eigenvalue weighted by molar-refractivity contribution is 6.31. The number of anilines is 1. The van der Waals surface area contributed by atoms with E-state index in [0.717, 1.165) is 12.1 Å². The normalized spacial score (nSPS) is 10.3. The Morgan fingerprint density at radius 3 is 2.62 bits per heavy atom. The fourth-order valence-electron chi connectivity index (χ4n) is 1.80. The summed E-state index contributed by atoms with van der Waals surface area (Å²) in [5.41, 5.74) is 1.30. The number of hydrogen-bond donors (Lipinski definition) is 1. The second-order valence-corrected chi connectivity index (χ2v) is 4.72. The van der Waals surface area contributed by atoms with E-state index in [4.69, 9.17) is 11.6 Å². The summed E-state index contributed by atoms with van der Waals surface area (Å²) in [4.78, 5) is 11.6. The van der Waals surface area contributed by atoms with Gasteiger partial charge in [-0.1, -0.05) is 17.7 Å². The summed E-state index contributed by atoms with van der Waals surface area (Å²) in [6.07, 6.45) is 0. The third-order valence-electron chi connectivity index (χ3n) is 2.85. The number of hydrogen-bond acceptors (Lipinski definition) is 3. The molecule has 0 aliphatic heterocycles. The molecule has 0 radical (unpaired) electrons. The van der Waals surface area contributed by atoms with E-state index >= 15 is 0 Å². The Balaban J connectivity index is 2.20. The maximum atomic E-state index is 13.1. The van der Waals surface area contributed by atoms with E-state index in [1.807, 2.05) is 0 Å². The van der Waals surface area contributed by atoms with Crippen molar-refractivity contribution in [1.29, 1.82) is 0 Å². The van der Waals surface area contributed by atoms with Crippen molar-refractivity contribution in [2.45, 2.75) is 6.54 Å². The summed E-state index contributed by atoms with van der Waals surface area (Å²) < 4.78 is 30.7. The first-order chi connectivity index (χ1) is 10.0. The molecule has 2 rings (SSSR count). The predicted molar refractivity (Wildman–Crippen MR) is 76.5 cm³/mol. The van der Waals surface area contributed by atoms with Gasteiger partial charge in [0.2, 0.25) is 0 Å². The smallest absolute Gasteiger partial charge is 0.339 e. The van der Waals surface area contributed by atoms with Crippen molar-refractivity contribution >= 4 is 23.3 Å². The Labute approximate surface area is 125 Å². The van der Waals surface area contributed by atoms with Crippen LogP contribution in [0.15, 0.2) is 36.4 Å². The van der Waals surface area contributed by atoms with E-state index in [9.17, 15) is 13.6 Å². The van der Waals surface area contributed by atoms with Gasteiger partial charge >= 0.3 is 5.97 Å². The lowest BCUT2D eigenvalue weighted by atomic mass is 10.1. The SMILES string of the molecule is COC(=O)c1ccc(Cl)cc1NCc1ccc(F)c(F)c1. The van der Waals surface area contributed by atoms with Crippen LogP contribution in [-0.2, 0) is 11.3 Å². The van der Waals surface area contributed by atoms with Gasteiger partial charge in [-0.25, -0.2) is 13.6 Å². The molecule has 110 valence electrons. The summed E-state index contributed by atoms with van der Waals surface area (Å²) in [5.74, 6) is -2.34. The van der Waals surface area contributed by atoms with Crippen molar-refractivity contribution in [3.8, 4) is 0 Å². The first-order valence-corrected chi connectivity index (χ1v) is 6.44. The van der Waals surface area contributed by atoms with Crippen LogP contribution in [-0.4, -0.2) is 13.1 Å². The summed E-state index contributed by atoms with van der Waals surface area (Å²) >= 11 is 5.89. The molecule has 6 heteroatoms. The highest BCUT2D eigenvalue weighted by atomic mass is 35.5. The quantitative estimate of drug-likeness (QED) is 0.867. The van der Waals surface area contributed by atoms with Crippen molar-refractivity contribution in [2.75, 3.05) is 12.4 Å². The van der Waals surface area contributed by atoms with Crippen molar-refractivity contribution in [1.82, 2.24) is 0 Å². The molecule has 0 aliphatic rings. The molecule has 0 unspecified atom stereocenters. The molecule has 0 spiro atoms. The van der Waals surface area contributed by atoms with Crippen LogP contribution in [0.1, 0.15) is 15.9 Å². The van der Waals surface area contributed by atoms with Crippen molar-refractivity contribution in [3.05, 3.63) is 64.2 Å². The van der Waals surface area contributed by atoms with Crippen molar-refractivity contribution < 1.29 is 18.3 Å². The van der Waals surface area contributed by atoms with Gasteiger partial charge in [-0.15, -0.1) is 0 Å². The molecule has 0 heterocycles. The van der Waals surface area contributed by atoms with Gasteiger partial charge in [0.15, 0.2) is 11.6 Å². The highest BCUT2D eigenvalue weighted by Crippen LogP contribution is 2.22. The van der Waals surface area contributed by atoms with E-state index < -0.39 is 17.6 Å². The second-order valence-electron chi connectivity index (χ2n) is 4.28. The minimum Gasteiger partial charge on any atom is -0.465 e. The molecule has 0 saturated heterocycles. The van der Waals surface area contributed by atoms with Crippen LogP contribution >= 0.6 is 11.6 Å². The van der Waals surface area contributed by atoms with E-state index in [0.29, 0.717) is 21.8 Å². The Hall–Kier alpha value is -2.14. The Kier molecular flexibility index (Phi) is 4.75. The second kappa shape index (κ2) is 6.54. The Morgan fingerprint density at radius 1 is 1.19 bits per heavy atom. The maximum Gasteiger partial charge on any atom is 0.339 e. The fraction of sp³-hybridized carbons (Fsp3) is 0.133. The first-order valence-electron chi connectivity index (χ1n) is 6.07. The third kappa shape index (κ3) is 3.70. The van der Waals surface area contributed by atoms with Crippen LogP contribution < -0.4 is 5.32 Å². The standard InChI is InChI=1S/C15H12ClF2NO2/c1-21-15(20)11-4-3-10(16)7-14(11)19-8-9-2-5-12(17)13(18)6-9/h2-7,19H,8H2,1H3. The molecular weight excluding hydrogens is 300 g/mol. The van der Waals surface area contributed by atoms with E-state index in [2.05, 4.69) is 10.1 Å². The van der Waals surface area contributed by atoms with Gasteiger partial charge < -0.3 is 10.1 Å². The number of carbonyl (C=O) groups excluding carboxylic acids is 1. The van der Waals surface area contributed by atoms with Gasteiger partial charge in [-0.3, -0.25) is 0 Å². The van der Waals surface area contributed by atoms with Crippen LogP contribution in [0.4, 0.5) is 14.5 Å². The third-order valence-corrected chi connectivity index (χ3v) is 3.09. The average Bonchev–Trinajstić information content (AvgIpc) is 2.48. The van der Waals surface area contributed by atoms with Gasteiger partial charge in [0.25, 0.3) is 0 Å². The van der Waals surface area contributed by atoms with Crippen LogP contribution in [0.5, 0.6) is 0 Å². The van der Waals surface area contributed by atoms with E-state index in [1.165, 1.54) is 19.2 Å². The number of rotatable bonds is 4. The number of esters is 1. The van der Waals surface area contributed by atoms with Gasteiger partial charge in [-0.2, -0.15) is 0 Å². The van der Waals surface area contributed by atoms with Gasteiger partial charge in [-0.05, 0) is 35.9 Å². The van der Waals surface area contributed by atoms with E-state index in [-0.39, 0.29) is 6.54 Å². The topological polar surface area (TPSA) is 38.3 Å². The lowest BCUT2D eigenvalue weighted by Gasteiger charge is -2.11. The number of ether oxygens (including phenoxy) is 1. The molecule has 0 atom stereocenters. The summed E-state index contributed by atoms with van der Waals surface area (Å²) in [6.45, 7) is 0.210. The van der Waals surface area contributed by atoms with E-state index in [1.54, 1.807) is 12.1 Å². The number of methoxy groups -OCH3 is 1. The van der Waals surface area contributed by atoms with Crippen LogP contribution in [0, 0.1) is 11.6 Å². The molecule has 0 aliphatic carbocycles. The molecule has 2 aromatic carbocycles. The molecule has 2 aromatic rings. The molecule has 0 saturated carbocycles. The monoisotopic (exact) mass is 311 g/mol. The molecule has 0 bridgehead atoms. The molecule has 0 aromatic heterocycles. The van der Waals surface area contributed by atoms with Gasteiger partial charge in [0, 0.05) is 11.6 Å². The van der Waals surface area contributed by atoms with Crippen molar-refractivity contribution in [3.63, 3.8) is 0 Å². The van der Waals surface area contributed by atoms with Crippen LogP contribution in [0.25, 0.3) is 0 Å². The summed E-state index contributed by atoms with van der Waals surface area (Å²) in [6, 6.07) is 8.25. The summed E-state index contributed by atoms with van der Waals surface area (Å²) in [7, 11) is 1.27. The Morgan fingerprint density at radius 2 is 1.95 bits per heavy atom. The molecule has 0 fully saturated rings. The zero-order valence-corrected chi connectivity index (χ0v) is 11.9. The molecule has 21 heavy (non-hydrogen) atoms. The average molecular weight is 312 g/mol. The molecular formula is C15H12ClF2NO2. The lowest BCUT2D eigenvalue weighted by Crippen LogP contribution is -2.08. The maximum absolute atomic E-state index is 13.1. The highest BCUT2D eigenvalue weighted by Gasteiger charge is 2.12. The first kappa shape index (κ1) is 15.3. The Bertz CT molecular complexity index is 677. The predicted octanol–water partition coefficient (Wildman–Crippen LogP) is 4.02. The van der Waals surface area contributed by atoms with Gasteiger partial charge in [0.1, 0.15) is 0 Å². The zero-order valence-electron chi connectivity index (χ0n) is 11.1.